The fraction of sp³-hybridized carbons (Fsp3) is 0.200. The molecule has 0 saturated heterocycles. The van der Waals surface area contributed by atoms with Crippen LogP contribution in [0.5, 0.6) is 0 Å². The molecule has 0 atom stereocenters. The highest BCUT2D eigenvalue weighted by Gasteiger charge is 2.17. The first-order valence-corrected chi connectivity index (χ1v) is 12.6. The van der Waals surface area contributed by atoms with Gasteiger partial charge in [-0.05, 0) is 17.2 Å². The topological polar surface area (TPSA) is 83.0 Å². The first-order valence-electron chi connectivity index (χ1n) is 10.8. The Bertz CT molecular complexity index is 1450. The highest BCUT2D eigenvalue weighted by molar-refractivity contribution is 7.98. The molecule has 2 aromatic carbocycles. The lowest BCUT2D eigenvalue weighted by molar-refractivity contribution is 0.183. The molecule has 9 heteroatoms. The molecule has 5 aromatic rings. The Morgan fingerprint density at radius 2 is 1.82 bits per heavy atom. The lowest BCUT2D eigenvalue weighted by atomic mass is 10.1. The predicted octanol–water partition coefficient (Wildman–Crippen LogP) is 5.04. The molecule has 0 fully saturated rings. The van der Waals surface area contributed by atoms with Gasteiger partial charge in [-0.3, -0.25) is 9.36 Å². The number of hydrogen-bond donors (Lipinski definition) is 0. The van der Waals surface area contributed by atoms with Crippen LogP contribution in [0.1, 0.15) is 17.3 Å². The van der Waals surface area contributed by atoms with Crippen molar-refractivity contribution in [3.05, 3.63) is 94.4 Å². The van der Waals surface area contributed by atoms with Crippen LogP contribution in [0.3, 0.4) is 0 Å². The molecule has 3 heterocycles. The van der Waals surface area contributed by atoms with Crippen molar-refractivity contribution in [3.63, 3.8) is 0 Å². The Hall–Kier alpha value is -3.27. The SMILES string of the molecule is COCCn1c(SCc2nc(Cc3ccccc3)no2)nc2sc(-c3ccccc3)cc2c1=O. The van der Waals surface area contributed by atoms with Gasteiger partial charge in [0.2, 0.25) is 5.89 Å². The summed E-state index contributed by atoms with van der Waals surface area (Å²) in [6.07, 6.45) is 0.606. The summed E-state index contributed by atoms with van der Waals surface area (Å²) in [5.41, 5.74) is 2.12. The Kier molecular flexibility index (Phi) is 6.84. The number of thioether (sulfide) groups is 1. The number of methoxy groups -OCH3 is 1. The smallest absolute Gasteiger partial charge is 0.263 e. The van der Waals surface area contributed by atoms with Crippen molar-refractivity contribution in [2.75, 3.05) is 13.7 Å². The average Bonchev–Trinajstić information content (AvgIpc) is 3.51. The van der Waals surface area contributed by atoms with Crippen LogP contribution in [0, 0.1) is 0 Å². The second-order valence-electron chi connectivity index (χ2n) is 7.59. The van der Waals surface area contributed by atoms with Gasteiger partial charge in [0.15, 0.2) is 11.0 Å². The molecule has 0 amide bonds. The molecule has 0 spiro atoms. The Balaban J connectivity index is 1.41. The van der Waals surface area contributed by atoms with Crippen molar-refractivity contribution in [1.82, 2.24) is 19.7 Å². The summed E-state index contributed by atoms with van der Waals surface area (Å²) in [5, 5.41) is 5.32. The molecule has 0 saturated carbocycles. The Morgan fingerprint density at radius 1 is 1.06 bits per heavy atom. The maximum atomic E-state index is 13.3. The fourth-order valence-corrected chi connectivity index (χ4v) is 5.50. The van der Waals surface area contributed by atoms with E-state index in [9.17, 15) is 4.79 Å². The minimum Gasteiger partial charge on any atom is -0.383 e. The lowest BCUT2D eigenvalue weighted by Gasteiger charge is -2.10. The summed E-state index contributed by atoms with van der Waals surface area (Å²) in [7, 11) is 1.62. The van der Waals surface area contributed by atoms with Crippen molar-refractivity contribution in [3.8, 4) is 10.4 Å². The quantitative estimate of drug-likeness (QED) is 0.211. The summed E-state index contributed by atoms with van der Waals surface area (Å²) in [5.74, 6) is 1.55. The minimum atomic E-state index is -0.0710. The number of nitrogens with zero attached hydrogens (tertiary/aromatic N) is 4. The molecule has 0 aliphatic carbocycles. The van der Waals surface area contributed by atoms with Gasteiger partial charge < -0.3 is 9.26 Å². The number of fused-ring (bicyclic) bond motifs is 1. The molecule has 0 radical (unpaired) electrons. The minimum absolute atomic E-state index is 0.0710. The van der Waals surface area contributed by atoms with Gasteiger partial charge in [0.1, 0.15) is 4.83 Å². The van der Waals surface area contributed by atoms with Crippen LogP contribution >= 0.6 is 23.1 Å². The van der Waals surface area contributed by atoms with E-state index in [4.69, 9.17) is 14.2 Å². The average molecular weight is 491 g/mol. The second kappa shape index (κ2) is 10.3. The number of aromatic nitrogens is 4. The number of rotatable bonds is 9. The van der Waals surface area contributed by atoms with Crippen molar-refractivity contribution in [2.45, 2.75) is 23.9 Å². The second-order valence-corrected chi connectivity index (χ2v) is 9.57. The molecule has 0 aliphatic rings. The van der Waals surface area contributed by atoms with Gasteiger partial charge in [-0.15, -0.1) is 11.3 Å². The maximum Gasteiger partial charge on any atom is 0.263 e. The van der Waals surface area contributed by atoms with Crippen LogP contribution in [0.2, 0.25) is 0 Å². The van der Waals surface area contributed by atoms with Crippen LogP contribution in [-0.2, 0) is 23.5 Å². The zero-order valence-corrected chi connectivity index (χ0v) is 20.1. The van der Waals surface area contributed by atoms with Crippen molar-refractivity contribution in [2.24, 2.45) is 0 Å². The molecule has 0 aliphatic heterocycles. The summed E-state index contributed by atoms with van der Waals surface area (Å²) < 4.78 is 12.3. The van der Waals surface area contributed by atoms with Crippen LogP contribution in [0.25, 0.3) is 20.7 Å². The van der Waals surface area contributed by atoms with Crippen molar-refractivity contribution < 1.29 is 9.26 Å². The van der Waals surface area contributed by atoms with E-state index in [-0.39, 0.29) is 5.56 Å². The standard InChI is InChI=1S/C25H22N4O3S2/c1-31-13-12-29-24(30)19-15-20(18-10-6-3-7-11-18)34-23(19)27-25(29)33-16-22-26-21(28-32-22)14-17-8-4-2-5-9-17/h2-11,15H,12-14,16H2,1H3. The van der Waals surface area contributed by atoms with E-state index in [1.165, 1.54) is 23.1 Å². The summed E-state index contributed by atoms with van der Waals surface area (Å²) >= 11 is 2.93. The van der Waals surface area contributed by atoms with E-state index in [1.807, 2.05) is 66.7 Å². The van der Waals surface area contributed by atoms with Gasteiger partial charge in [-0.2, -0.15) is 4.98 Å². The molecule has 5 rings (SSSR count). The van der Waals surface area contributed by atoms with Crippen molar-refractivity contribution >= 4 is 33.3 Å². The van der Waals surface area contributed by atoms with Crippen LogP contribution < -0.4 is 5.56 Å². The zero-order chi connectivity index (χ0) is 23.3. The number of hydrogen-bond acceptors (Lipinski definition) is 8. The molecular formula is C25H22N4O3S2. The van der Waals surface area contributed by atoms with E-state index in [0.717, 1.165) is 20.8 Å². The van der Waals surface area contributed by atoms with Gasteiger partial charge in [-0.25, -0.2) is 4.98 Å². The fourth-order valence-electron chi connectivity index (χ4n) is 3.56. The van der Waals surface area contributed by atoms with E-state index >= 15 is 0 Å². The summed E-state index contributed by atoms with van der Waals surface area (Å²) in [6, 6.07) is 22.0. The van der Waals surface area contributed by atoms with Gasteiger partial charge in [0.05, 0.1) is 24.3 Å². The van der Waals surface area contributed by atoms with E-state index in [1.54, 1.807) is 11.7 Å². The van der Waals surface area contributed by atoms with Crippen LogP contribution in [-0.4, -0.2) is 33.4 Å². The third-order valence-corrected chi connectivity index (χ3v) is 7.27. The van der Waals surface area contributed by atoms with Gasteiger partial charge in [-0.1, -0.05) is 77.6 Å². The first-order chi connectivity index (χ1) is 16.7. The Labute approximate surface area is 204 Å². The third-order valence-electron chi connectivity index (χ3n) is 5.23. The maximum absolute atomic E-state index is 13.3. The lowest BCUT2D eigenvalue weighted by Crippen LogP contribution is -2.24. The van der Waals surface area contributed by atoms with Gasteiger partial charge in [0.25, 0.3) is 5.56 Å². The number of benzene rings is 2. The largest absolute Gasteiger partial charge is 0.383 e. The highest BCUT2D eigenvalue weighted by atomic mass is 32.2. The molecular weight excluding hydrogens is 468 g/mol. The number of thiophene rings is 1. The third kappa shape index (κ3) is 4.96. The normalized spacial score (nSPS) is 11.3. The summed E-state index contributed by atoms with van der Waals surface area (Å²) in [4.78, 5) is 24.4. The van der Waals surface area contributed by atoms with E-state index in [0.29, 0.717) is 47.6 Å². The predicted molar refractivity (Wildman–Crippen MR) is 134 cm³/mol. The monoisotopic (exact) mass is 490 g/mol. The molecule has 0 unspecified atom stereocenters. The van der Waals surface area contributed by atoms with Gasteiger partial charge in [0, 0.05) is 18.4 Å². The number of ether oxygens (including phenoxy) is 1. The molecule has 34 heavy (non-hydrogen) atoms. The molecule has 0 N–H and O–H groups in total. The van der Waals surface area contributed by atoms with E-state index in [2.05, 4.69) is 10.1 Å². The first kappa shape index (κ1) is 22.5. The molecule has 0 bridgehead atoms. The molecule has 172 valence electrons. The van der Waals surface area contributed by atoms with Crippen molar-refractivity contribution in [1.29, 1.82) is 0 Å². The van der Waals surface area contributed by atoms with Crippen LogP contribution in [0.15, 0.2) is 81.2 Å². The molecule has 7 nitrogen and oxygen atoms in total. The zero-order valence-electron chi connectivity index (χ0n) is 18.5. The van der Waals surface area contributed by atoms with Crippen LogP contribution in [0.4, 0.5) is 0 Å². The van der Waals surface area contributed by atoms with Gasteiger partial charge >= 0.3 is 0 Å². The highest BCUT2D eigenvalue weighted by Crippen LogP contribution is 2.32. The summed E-state index contributed by atoms with van der Waals surface area (Å²) in [6.45, 7) is 0.832. The Morgan fingerprint density at radius 3 is 2.59 bits per heavy atom. The molecule has 3 aromatic heterocycles. The van der Waals surface area contributed by atoms with E-state index < -0.39 is 0 Å².